The van der Waals surface area contributed by atoms with Gasteiger partial charge in [-0.3, -0.25) is 4.79 Å². The van der Waals surface area contributed by atoms with Crippen LogP contribution in [0.5, 0.6) is 0 Å². The molecule has 0 radical (unpaired) electrons. The van der Waals surface area contributed by atoms with E-state index >= 15 is 0 Å². The van der Waals surface area contributed by atoms with Crippen molar-refractivity contribution in [3.05, 3.63) is 16.1 Å². The van der Waals surface area contributed by atoms with Crippen LogP contribution in [0.3, 0.4) is 0 Å². The minimum absolute atomic E-state index is 0.140. The summed E-state index contributed by atoms with van der Waals surface area (Å²) >= 11 is 1.43. The summed E-state index contributed by atoms with van der Waals surface area (Å²) in [6.07, 6.45) is 3.58. The minimum Gasteiger partial charge on any atom is -0.393 e. The molecule has 1 amide bonds. The molecule has 2 unspecified atom stereocenters. The van der Waals surface area contributed by atoms with E-state index in [4.69, 9.17) is 4.74 Å². The second-order valence-electron chi connectivity index (χ2n) is 4.96. The predicted octanol–water partition coefficient (Wildman–Crippen LogP) is 1.57. The summed E-state index contributed by atoms with van der Waals surface area (Å²) in [7, 11) is 1.61. The van der Waals surface area contributed by atoms with E-state index in [1.54, 1.807) is 12.5 Å². The number of carbonyl (C=O) groups is 1. The Balaban J connectivity index is 1.79. The molecule has 1 heterocycles. The van der Waals surface area contributed by atoms with Gasteiger partial charge < -0.3 is 15.2 Å². The van der Waals surface area contributed by atoms with Crippen molar-refractivity contribution in [1.82, 2.24) is 10.3 Å². The number of hydrogen-bond acceptors (Lipinski definition) is 5. The molecule has 5 nitrogen and oxygen atoms in total. The number of nitrogens with zero attached hydrogens (tertiary/aromatic N) is 1. The van der Waals surface area contributed by atoms with Crippen LogP contribution < -0.4 is 5.32 Å². The Labute approximate surface area is 117 Å². The van der Waals surface area contributed by atoms with Crippen LogP contribution in [0.1, 0.15) is 41.2 Å². The van der Waals surface area contributed by atoms with Crippen molar-refractivity contribution in [1.29, 1.82) is 0 Å². The third kappa shape index (κ3) is 4.26. The fraction of sp³-hybridized carbons (Fsp3) is 0.692. The second-order valence-corrected chi connectivity index (χ2v) is 5.90. The normalized spacial score (nSPS) is 23.3. The third-order valence-corrected chi connectivity index (χ3v) is 4.18. The Morgan fingerprint density at radius 1 is 1.63 bits per heavy atom. The number of rotatable bonds is 5. The van der Waals surface area contributed by atoms with Crippen LogP contribution in [0.2, 0.25) is 0 Å². The fourth-order valence-corrected chi connectivity index (χ4v) is 3.12. The first-order valence-corrected chi connectivity index (χ1v) is 7.46. The van der Waals surface area contributed by atoms with E-state index in [1.165, 1.54) is 11.3 Å². The summed E-state index contributed by atoms with van der Waals surface area (Å²) < 4.78 is 4.98. The van der Waals surface area contributed by atoms with Gasteiger partial charge in [0.25, 0.3) is 5.91 Å². The van der Waals surface area contributed by atoms with Gasteiger partial charge in [0, 0.05) is 19.0 Å². The van der Waals surface area contributed by atoms with Gasteiger partial charge in [-0.1, -0.05) is 6.42 Å². The molecule has 6 heteroatoms. The molecule has 1 aromatic heterocycles. The molecule has 1 aliphatic carbocycles. The van der Waals surface area contributed by atoms with Gasteiger partial charge in [0.05, 0.1) is 12.7 Å². The van der Waals surface area contributed by atoms with Crippen LogP contribution in [-0.4, -0.2) is 35.8 Å². The second kappa shape index (κ2) is 6.98. The topological polar surface area (TPSA) is 71.5 Å². The van der Waals surface area contributed by atoms with E-state index in [2.05, 4.69) is 10.3 Å². The van der Waals surface area contributed by atoms with E-state index in [0.29, 0.717) is 24.8 Å². The van der Waals surface area contributed by atoms with Crippen LogP contribution >= 0.6 is 11.3 Å². The van der Waals surface area contributed by atoms with Crippen LogP contribution in [-0.2, 0) is 11.3 Å². The first-order valence-electron chi connectivity index (χ1n) is 6.58. The molecule has 0 saturated heterocycles. The summed E-state index contributed by atoms with van der Waals surface area (Å²) in [5.41, 5.74) is 0.452. The number of thiazole rings is 1. The predicted molar refractivity (Wildman–Crippen MR) is 73.1 cm³/mol. The zero-order valence-electron chi connectivity index (χ0n) is 11.1. The van der Waals surface area contributed by atoms with Gasteiger partial charge in [0.15, 0.2) is 0 Å². The van der Waals surface area contributed by atoms with E-state index in [9.17, 15) is 9.90 Å². The third-order valence-electron chi connectivity index (χ3n) is 3.36. The highest BCUT2D eigenvalue weighted by atomic mass is 32.1. The quantitative estimate of drug-likeness (QED) is 0.861. The lowest BCUT2D eigenvalue weighted by atomic mass is 9.87. The molecule has 2 rings (SSSR count). The van der Waals surface area contributed by atoms with Crippen molar-refractivity contribution in [3.63, 3.8) is 0 Å². The number of aliphatic hydroxyl groups excluding tert-OH is 1. The Bertz CT molecular complexity index is 422. The average molecular weight is 284 g/mol. The lowest BCUT2D eigenvalue weighted by molar-refractivity contribution is 0.0870. The maximum Gasteiger partial charge on any atom is 0.270 e. The summed E-state index contributed by atoms with van der Waals surface area (Å²) in [4.78, 5) is 16.1. The molecule has 0 spiro atoms. The molecule has 1 aliphatic rings. The van der Waals surface area contributed by atoms with Crippen molar-refractivity contribution in [2.75, 3.05) is 13.7 Å². The number of nitrogens with one attached hydrogen (secondary N) is 1. The number of aliphatic hydroxyl groups is 1. The number of amides is 1. The van der Waals surface area contributed by atoms with Crippen LogP contribution in [0.15, 0.2) is 5.38 Å². The van der Waals surface area contributed by atoms with Crippen molar-refractivity contribution in [3.8, 4) is 0 Å². The molecule has 1 saturated carbocycles. The number of ether oxygens (including phenoxy) is 1. The van der Waals surface area contributed by atoms with Gasteiger partial charge in [-0.15, -0.1) is 11.3 Å². The first-order chi connectivity index (χ1) is 9.19. The minimum atomic E-state index is -0.205. The average Bonchev–Trinajstić information content (AvgIpc) is 2.85. The lowest BCUT2D eigenvalue weighted by Crippen LogP contribution is -2.33. The molecule has 2 N–H and O–H groups in total. The van der Waals surface area contributed by atoms with Crippen molar-refractivity contribution in [2.24, 2.45) is 5.92 Å². The van der Waals surface area contributed by atoms with Crippen LogP contribution in [0.25, 0.3) is 0 Å². The van der Waals surface area contributed by atoms with Gasteiger partial charge >= 0.3 is 0 Å². The van der Waals surface area contributed by atoms with Crippen molar-refractivity contribution in [2.45, 2.75) is 38.4 Å². The fourth-order valence-electron chi connectivity index (χ4n) is 2.38. The molecule has 1 fully saturated rings. The Morgan fingerprint density at radius 2 is 2.47 bits per heavy atom. The molecule has 0 aliphatic heterocycles. The Kier molecular flexibility index (Phi) is 5.30. The summed E-state index contributed by atoms with van der Waals surface area (Å²) in [5.74, 6) is 0.239. The zero-order chi connectivity index (χ0) is 13.7. The smallest absolute Gasteiger partial charge is 0.270 e. The van der Waals surface area contributed by atoms with E-state index in [-0.39, 0.29) is 12.0 Å². The van der Waals surface area contributed by atoms with E-state index in [1.807, 2.05) is 0 Å². The van der Waals surface area contributed by atoms with Crippen LogP contribution in [0, 0.1) is 5.92 Å². The van der Waals surface area contributed by atoms with Gasteiger partial charge in [-0.2, -0.15) is 0 Å². The SMILES string of the molecule is COCc1nc(C(=O)NCC2CCCC(O)C2)cs1. The zero-order valence-corrected chi connectivity index (χ0v) is 11.9. The standard InChI is InChI=1S/C13H20N2O3S/c1-18-7-12-15-11(8-19-12)13(17)14-6-9-3-2-4-10(16)5-9/h8-10,16H,2-7H2,1H3,(H,14,17). The molecule has 106 valence electrons. The molecule has 19 heavy (non-hydrogen) atoms. The van der Waals surface area contributed by atoms with E-state index < -0.39 is 0 Å². The highest BCUT2D eigenvalue weighted by Gasteiger charge is 2.21. The molecule has 2 atom stereocenters. The number of methoxy groups -OCH3 is 1. The van der Waals surface area contributed by atoms with Crippen molar-refractivity contribution >= 4 is 17.2 Å². The highest BCUT2D eigenvalue weighted by Crippen LogP contribution is 2.23. The maximum atomic E-state index is 11.9. The molecular weight excluding hydrogens is 264 g/mol. The van der Waals surface area contributed by atoms with Crippen LogP contribution in [0.4, 0.5) is 0 Å². The monoisotopic (exact) mass is 284 g/mol. The largest absolute Gasteiger partial charge is 0.393 e. The van der Waals surface area contributed by atoms with Crippen molar-refractivity contribution < 1.29 is 14.6 Å². The number of hydrogen-bond donors (Lipinski definition) is 2. The van der Waals surface area contributed by atoms with E-state index in [0.717, 1.165) is 30.7 Å². The molecule has 1 aromatic rings. The summed E-state index contributed by atoms with van der Waals surface area (Å²) in [6, 6.07) is 0. The summed E-state index contributed by atoms with van der Waals surface area (Å²) in [6.45, 7) is 1.06. The summed E-state index contributed by atoms with van der Waals surface area (Å²) in [5, 5.41) is 15.0. The molecule has 0 bridgehead atoms. The molecular formula is C13H20N2O3S. The Hall–Kier alpha value is -0.980. The lowest BCUT2D eigenvalue weighted by Gasteiger charge is -2.25. The van der Waals surface area contributed by atoms with Gasteiger partial charge in [-0.25, -0.2) is 4.98 Å². The number of aromatic nitrogens is 1. The van der Waals surface area contributed by atoms with Gasteiger partial charge in [-0.05, 0) is 25.2 Å². The highest BCUT2D eigenvalue weighted by molar-refractivity contribution is 7.09. The first kappa shape index (κ1) is 14.4. The number of carbonyl (C=O) groups excluding carboxylic acids is 1. The maximum absolute atomic E-state index is 11.9. The Morgan fingerprint density at radius 3 is 3.21 bits per heavy atom. The van der Waals surface area contributed by atoms with Gasteiger partial charge in [0.1, 0.15) is 10.7 Å². The molecule has 0 aromatic carbocycles. The van der Waals surface area contributed by atoms with Gasteiger partial charge in [0.2, 0.25) is 0 Å².